The van der Waals surface area contributed by atoms with Crippen LogP contribution in [0.15, 0.2) is 58.5 Å². The largest absolute Gasteiger partial charge is 0.276 e. The van der Waals surface area contributed by atoms with Crippen LogP contribution in [0, 0.1) is 13.8 Å². The SMILES string of the molecule is C/C(Cc1ccc(C)cc1)=N\NS(=O)(=O)c1ccc(C)cc1. The standard InChI is InChI=1S/C17H20N2O2S/c1-13-4-8-16(9-5-13)12-15(3)18-19-22(20,21)17-10-6-14(2)7-11-17/h4-11,19H,12H2,1-3H3/b18-15+. The van der Waals surface area contributed by atoms with Gasteiger partial charge in [0.15, 0.2) is 0 Å². The molecule has 0 aliphatic rings. The third kappa shape index (κ3) is 4.43. The van der Waals surface area contributed by atoms with Crippen molar-refractivity contribution in [1.82, 2.24) is 4.83 Å². The van der Waals surface area contributed by atoms with Gasteiger partial charge >= 0.3 is 0 Å². The highest BCUT2D eigenvalue weighted by Gasteiger charge is 2.12. The van der Waals surface area contributed by atoms with E-state index in [1.807, 2.05) is 38.1 Å². The summed E-state index contributed by atoms with van der Waals surface area (Å²) in [5.41, 5.74) is 4.01. The number of benzene rings is 2. The van der Waals surface area contributed by atoms with Gasteiger partial charge in [-0.05, 0) is 38.5 Å². The van der Waals surface area contributed by atoms with E-state index in [9.17, 15) is 8.42 Å². The Kier molecular flexibility index (Phi) is 4.98. The zero-order valence-corrected chi connectivity index (χ0v) is 13.8. The van der Waals surface area contributed by atoms with Gasteiger partial charge < -0.3 is 0 Å². The van der Waals surface area contributed by atoms with Crippen molar-refractivity contribution in [2.24, 2.45) is 5.10 Å². The first kappa shape index (κ1) is 16.2. The van der Waals surface area contributed by atoms with Crippen molar-refractivity contribution in [2.45, 2.75) is 32.1 Å². The van der Waals surface area contributed by atoms with Crippen molar-refractivity contribution in [3.05, 3.63) is 65.2 Å². The molecule has 0 unspecified atom stereocenters. The van der Waals surface area contributed by atoms with Crippen molar-refractivity contribution in [2.75, 3.05) is 0 Å². The van der Waals surface area contributed by atoms with Gasteiger partial charge in [-0.25, -0.2) is 4.83 Å². The Hall–Kier alpha value is -2.14. The van der Waals surface area contributed by atoms with Crippen LogP contribution in [0.5, 0.6) is 0 Å². The maximum Gasteiger partial charge on any atom is 0.276 e. The Bertz CT molecular complexity index is 761. The molecule has 0 radical (unpaired) electrons. The molecule has 2 aromatic carbocycles. The molecule has 1 N–H and O–H groups in total. The minimum atomic E-state index is -3.61. The summed E-state index contributed by atoms with van der Waals surface area (Å²) in [4.78, 5) is 2.50. The van der Waals surface area contributed by atoms with Crippen molar-refractivity contribution >= 4 is 15.7 Å². The van der Waals surface area contributed by atoms with Gasteiger partial charge in [-0.15, -0.1) is 0 Å². The smallest absolute Gasteiger partial charge is 0.200 e. The van der Waals surface area contributed by atoms with Gasteiger partial charge in [0, 0.05) is 12.1 Å². The topological polar surface area (TPSA) is 58.5 Å². The number of nitrogens with one attached hydrogen (secondary N) is 1. The quantitative estimate of drug-likeness (QED) is 0.680. The Morgan fingerprint density at radius 3 is 2.00 bits per heavy atom. The number of nitrogens with zero attached hydrogens (tertiary/aromatic N) is 1. The van der Waals surface area contributed by atoms with E-state index < -0.39 is 10.0 Å². The van der Waals surface area contributed by atoms with Crippen LogP contribution in [0.1, 0.15) is 23.6 Å². The van der Waals surface area contributed by atoms with Crippen molar-refractivity contribution in [3.8, 4) is 0 Å². The van der Waals surface area contributed by atoms with Gasteiger partial charge in [0.2, 0.25) is 0 Å². The maximum absolute atomic E-state index is 12.1. The maximum atomic E-state index is 12.1. The van der Waals surface area contributed by atoms with Gasteiger partial charge in [0.05, 0.1) is 4.90 Å². The second-order valence-electron chi connectivity index (χ2n) is 5.42. The summed E-state index contributed by atoms with van der Waals surface area (Å²) in [6.07, 6.45) is 0.608. The second-order valence-corrected chi connectivity index (χ2v) is 7.08. The lowest BCUT2D eigenvalue weighted by atomic mass is 10.1. The van der Waals surface area contributed by atoms with Crippen LogP contribution in [-0.2, 0) is 16.4 Å². The van der Waals surface area contributed by atoms with E-state index in [0.29, 0.717) is 12.1 Å². The Labute approximate surface area is 131 Å². The third-order valence-corrected chi connectivity index (χ3v) is 4.49. The number of rotatable bonds is 5. The average molecular weight is 316 g/mol. The highest BCUT2D eigenvalue weighted by Crippen LogP contribution is 2.10. The zero-order chi connectivity index (χ0) is 16.2. The lowest BCUT2D eigenvalue weighted by Gasteiger charge is -2.06. The highest BCUT2D eigenvalue weighted by atomic mass is 32.2. The Balaban J connectivity index is 2.06. The molecule has 0 saturated carbocycles. The van der Waals surface area contributed by atoms with Crippen molar-refractivity contribution in [3.63, 3.8) is 0 Å². The molecule has 0 heterocycles. The fraction of sp³-hybridized carbons (Fsp3) is 0.235. The van der Waals surface area contributed by atoms with Crippen LogP contribution in [0.25, 0.3) is 0 Å². The third-order valence-electron chi connectivity index (χ3n) is 3.27. The first-order valence-electron chi connectivity index (χ1n) is 7.04. The first-order valence-corrected chi connectivity index (χ1v) is 8.52. The van der Waals surface area contributed by atoms with E-state index in [-0.39, 0.29) is 4.90 Å². The molecule has 0 bridgehead atoms. The molecule has 116 valence electrons. The summed E-state index contributed by atoms with van der Waals surface area (Å²) >= 11 is 0. The number of sulfonamides is 1. The summed E-state index contributed by atoms with van der Waals surface area (Å²) in [6.45, 7) is 5.74. The summed E-state index contributed by atoms with van der Waals surface area (Å²) in [6, 6.07) is 14.8. The Morgan fingerprint density at radius 1 is 0.955 bits per heavy atom. The molecule has 5 heteroatoms. The van der Waals surface area contributed by atoms with Crippen LogP contribution in [0.2, 0.25) is 0 Å². The van der Waals surface area contributed by atoms with Gasteiger partial charge in [-0.1, -0.05) is 47.5 Å². The lowest BCUT2D eigenvalue weighted by Crippen LogP contribution is -2.20. The number of hydrogen-bond acceptors (Lipinski definition) is 3. The zero-order valence-electron chi connectivity index (χ0n) is 13.0. The first-order chi connectivity index (χ1) is 10.4. The van der Waals surface area contributed by atoms with Gasteiger partial charge in [0.25, 0.3) is 10.0 Å². The van der Waals surface area contributed by atoms with Crippen molar-refractivity contribution < 1.29 is 8.42 Å². The molecule has 0 aliphatic carbocycles. The molecule has 0 fully saturated rings. The summed E-state index contributed by atoms with van der Waals surface area (Å²) in [5.74, 6) is 0. The molecule has 0 aliphatic heterocycles. The van der Waals surface area contributed by atoms with E-state index in [2.05, 4.69) is 9.93 Å². The monoisotopic (exact) mass is 316 g/mol. The predicted molar refractivity (Wildman–Crippen MR) is 89.5 cm³/mol. The van der Waals surface area contributed by atoms with Crippen LogP contribution in [-0.4, -0.2) is 14.1 Å². The summed E-state index contributed by atoms with van der Waals surface area (Å²) in [5, 5.41) is 3.99. The average Bonchev–Trinajstić information content (AvgIpc) is 2.48. The van der Waals surface area contributed by atoms with E-state index in [1.54, 1.807) is 31.2 Å². The lowest BCUT2D eigenvalue weighted by molar-refractivity contribution is 0.584. The molecule has 0 saturated heterocycles. The van der Waals surface area contributed by atoms with Gasteiger partial charge in [-0.3, -0.25) is 0 Å². The predicted octanol–water partition coefficient (Wildman–Crippen LogP) is 3.20. The minimum Gasteiger partial charge on any atom is -0.200 e. The molecule has 0 amide bonds. The molecule has 2 aromatic rings. The molecule has 0 atom stereocenters. The number of hydrogen-bond donors (Lipinski definition) is 1. The van der Waals surface area contributed by atoms with Gasteiger partial charge in [0.1, 0.15) is 0 Å². The van der Waals surface area contributed by atoms with E-state index in [0.717, 1.165) is 11.1 Å². The fourth-order valence-corrected chi connectivity index (χ4v) is 2.82. The number of aryl methyl sites for hydroxylation is 2. The molecule has 2 rings (SSSR count). The molecule has 0 aromatic heterocycles. The van der Waals surface area contributed by atoms with Crippen LogP contribution < -0.4 is 4.83 Å². The molecular formula is C17H20N2O2S. The molecule has 22 heavy (non-hydrogen) atoms. The normalized spacial score (nSPS) is 12.2. The fourth-order valence-electron chi connectivity index (χ4n) is 1.95. The van der Waals surface area contributed by atoms with Crippen LogP contribution in [0.3, 0.4) is 0 Å². The van der Waals surface area contributed by atoms with Crippen LogP contribution in [0.4, 0.5) is 0 Å². The molecule has 4 nitrogen and oxygen atoms in total. The summed E-state index contributed by atoms with van der Waals surface area (Å²) in [7, 11) is -3.61. The minimum absolute atomic E-state index is 0.213. The van der Waals surface area contributed by atoms with E-state index >= 15 is 0 Å². The van der Waals surface area contributed by atoms with E-state index in [1.165, 1.54) is 5.56 Å². The highest BCUT2D eigenvalue weighted by molar-refractivity contribution is 7.89. The second kappa shape index (κ2) is 6.75. The van der Waals surface area contributed by atoms with Gasteiger partial charge in [-0.2, -0.15) is 13.5 Å². The molecule has 0 spiro atoms. The summed E-state index contributed by atoms with van der Waals surface area (Å²) < 4.78 is 24.3. The van der Waals surface area contributed by atoms with E-state index in [4.69, 9.17) is 0 Å². The van der Waals surface area contributed by atoms with Crippen LogP contribution >= 0.6 is 0 Å². The molecular weight excluding hydrogens is 296 g/mol. The van der Waals surface area contributed by atoms with Crippen molar-refractivity contribution in [1.29, 1.82) is 0 Å². The Morgan fingerprint density at radius 2 is 1.45 bits per heavy atom. The number of hydrazone groups is 1.